The van der Waals surface area contributed by atoms with Gasteiger partial charge in [-0.1, -0.05) is 19.1 Å². The number of carboxylic acid groups (broad SMARTS) is 1. The monoisotopic (exact) mass is 388 g/mol. The van der Waals surface area contributed by atoms with Gasteiger partial charge in [0.1, 0.15) is 6.54 Å². The first kappa shape index (κ1) is 20.6. The number of aryl methyl sites for hydroxylation is 1. The van der Waals surface area contributed by atoms with Crippen LogP contribution in [-0.2, 0) is 16.0 Å². The van der Waals surface area contributed by atoms with Gasteiger partial charge in [-0.2, -0.15) is 0 Å². The van der Waals surface area contributed by atoms with Gasteiger partial charge in [-0.15, -0.1) is 11.3 Å². The second kappa shape index (κ2) is 10.5. The fourth-order valence-electron chi connectivity index (χ4n) is 2.70. The number of carbonyl (C=O) groups is 3. The van der Waals surface area contributed by atoms with Gasteiger partial charge >= 0.3 is 5.97 Å². The topological polar surface area (TPSA) is 86.7 Å². The van der Waals surface area contributed by atoms with Gasteiger partial charge in [0.25, 0.3) is 5.91 Å². The molecule has 0 aliphatic rings. The molecule has 0 fully saturated rings. The van der Waals surface area contributed by atoms with Gasteiger partial charge in [-0.25, -0.2) is 0 Å². The van der Waals surface area contributed by atoms with Crippen molar-refractivity contribution in [3.63, 3.8) is 0 Å². The molecule has 144 valence electrons. The van der Waals surface area contributed by atoms with E-state index in [1.165, 1.54) is 9.78 Å². The number of nitrogens with one attached hydrogen (secondary N) is 1. The van der Waals surface area contributed by atoms with Gasteiger partial charge in [0.2, 0.25) is 5.91 Å². The van der Waals surface area contributed by atoms with Crippen molar-refractivity contribution >= 4 is 34.8 Å². The molecule has 1 aromatic heterocycles. The van der Waals surface area contributed by atoms with Gasteiger partial charge in [0, 0.05) is 29.1 Å². The Bertz CT molecular complexity index is 774. The molecule has 1 heterocycles. The first-order valence-corrected chi connectivity index (χ1v) is 9.81. The molecule has 7 heteroatoms. The minimum atomic E-state index is -1.05. The maximum atomic E-state index is 12.6. The summed E-state index contributed by atoms with van der Waals surface area (Å²) >= 11 is 1.68. The Morgan fingerprint density at radius 1 is 1.19 bits per heavy atom. The molecular weight excluding hydrogens is 364 g/mol. The van der Waals surface area contributed by atoms with Crippen LogP contribution < -0.4 is 5.32 Å². The van der Waals surface area contributed by atoms with Crippen LogP contribution in [0.1, 0.15) is 41.4 Å². The first-order chi connectivity index (χ1) is 13.0. The van der Waals surface area contributed by atoms with Crippen LogP contribution in [0.4, 0.5) is 5.69 Å². The first-order valence-electron chi connectivity index (χ1n) is 8.93. The molecule has 2 amide bonds. The Labute approximate surface area is 162 Å². The van der Waals surface area contributed by atoms with Crippen LogP contribution in [0.15, 0.2) is 41.8 Å². The molecule has 0 aliphatic heterocycles. The number of rotatable bonds is 10. The van der Waals surface area contributed by atoms with Gasteiger partial charge in [0.05, 0.1) is 0 Å². The molecule has 0 bridgehead atoms. The minimum Gasteiger partial charge on any atom is -0.480 e. The third-order valence-corrected chi connectivity index (χ3v) is 4.84. The molecule has 6 nitrogen and oxygen atoms in total. The van der Waals surface area contributed by atoms with Crippen LogP contribution in [0.25, 0.3) is 0 Å². The Morgan fingerprint density at radius 2 is 2.00 bits per heavy atom. The molecule has 0 atom stereocenters. The van der Waals surface area contributed by atoms with Crippen molar-refractivity contribution in [3.05, 3.63) is 52.2 Å². The van der Waals surface area contributed by atoms with E-state index in [0.717, 1.165) is 12.8 Å². The van der Waals surface area contributed by atoms with E-state index in [4.69, 9.17) is 5.11 Å². The van der Waals surface area contributed by atoms with Gasteiger partial charge < -0.3 is 15.3 Å². The van der Waals surface area contributed by atoms with Crippen molar-refractivity contribution in [2.45, 2.75) is 32.6 Å². The van der Waals surface area contributed by atoms with Crippen molar-refractivity contribution < 1.29 is 19.5 Å². The molecule has 2 N–H and O–H groups in total. The van der Waals surface area contributed by atoms with Gasteiger partial charge in [0.15, 0.2) is 0 Å². The Balaban J connectivity index is 1.93. The average Bonchev–Trinajstić information content (AvgIpc) is 3.14. The van der Waals surface area contributed by atoms with Gasteiger partial charge in [-0.05, 0) is 48.9 Å². The van der Waals surface area contributed by atoms with Crippen molar-refractivity contribution in [2.24, 2.45) is 0 Å². The molecule has 0 spiro atoms. The summed E-state index contributed by atoms with van der Waals surface area (Å²) in [5.41, 5.74) is 0.898. The van der Waals surface area contributed by atoms with E-state index in [1.807, 2.05) is 18.4 Å². The molecule has 2 aromatic rings. The lowest BCUT2D eigenvalue weighted by atomic mass is 10.1. The Hall–Kier alpha value is -2.67. The van der Waals surface area contributed by atoms with Crippen molar-refractivity contribution in [1.29, 1.82) is 0 Å². The molecule has 0 saturated heterocycles. The highest BCUT2D eigenvalue weighted by atomic mass is 32.1. The zero-order valence-electron chi connectivity index (χ0n) is 15.3. The van der Waals surface area contributed by atoms with Crippen molar-refractivity contribution in [1.82, 2.24) is 4.90 Å². The SMILES string of the molecule is CCCN(CC(=O)O)C(=O)c1cccc(NC(=O)CCCc2cccs2)c1. The highest BCUT2D eigenvalue weighted by molar-refractivity contribution is 7.09. The molecule has 2 rings (SSSR count). The number of hydrogen-bond acceptors (Lipinski definition) is 4. The predicted molar refractivity (Wildman–Crippen MR) is 106 cm³/mol. The zero-order chi connectivity index (χ0) is 19.6. The van der Waals surface area contributed by atoms with Crippen molar-refractivity contribution in [3.8, 4) is 0 Å². The van der Waals surface area contributed by atoms with Crippen molar-refractivity contribution in [2.75, 3.05) is 18.4 Å². The number of anilines is 1. The average molecular weight is 388 g/mol. The molecule has 0 saturated carbocycles. The summed E-state index contributed by atoms with van der Waals surface area (Å²) < 4.78 is 0. The lowest BCUT2D eigenvalue weighted by Crippen LogP contribution is -2.36. The summed E-state index contributed by atoms with van der Waals surface area (Å²) in [6.07, 6.45) is 2.69. The summed E-state index contributed by atoms with van der Waals surface area (Å²) in [5, 5.41) is 13.8. The fourth-order valence-corrected chi connectivity index (χ4v) is 3.45. The van der Waals surface area contributed by atoms with E-state index in [9.17, 15) is 14.4 Å². The van der Waals surface area contributed by atoms with Crippen LogP contribution in [0, 0.1) is 0 Å². The van der Waals surface area contributed by atoms with Crippen LogP contribution in [-0.4, -0.2) is 40.9 Å². The largest absolute Gasteiger partial charge is 0.480 e. The molecule has 0 aliphatic carbocycles. The third-order valence-electron chi connectivity index (χ3n) is 3.91. The Kier molecular flexibility index (Phi) is 8.00. The highest BCUT2D eigenvalue weighted by Gasteiger charge is 2.18. The zero-order valence-corrected chi connectivity index (χ0v) is 16.1. The molecule has 27 heavy (non-hydrogen) atoms. The summed E-state index contributed by atoms with van der Waals surface area (Å²) in [7, 11) is 0. The van der Waals surface area contributed by atoms with E-state index in [-0.39, 0.29) is 18.4 Å². The van der Waals surface area contributed by atoms with Crippen LogP contribution >= 0.6 is 11.3 Å². The number of carbonyl (C=O) groups excluding carboxylic acids is 2. The number of carboxylic acids is 1. The van der Waals surface area contributed by atoms with E-state index in [2.05, 4.69) is 11.4 Å². The number of nitrogens with zero attached hydrogens (tertiary/aromatic N) is 1. The number of hydrogen-bond donors (Lipinski definition) is 2. The highest BCUT2D eigenvalue weighted by Crippen LogP contribution is 2.15. The molecule has 0 unspecified atom stereocenters. The quantitative estimate of drug-likeness (QED) is 0.650. The normalized spacial score (nSPS) is 10.4. The fraction of sp³-hybridized carbons (Fsp3) is 0.350. The standard InChI is InChI=1S/C20H24N2O4S/c1-2-11-22(14-19(24)25)20(26)15-6-3-7-16(13-15)21-18(23)10-4-8-17-9-5-12-27-17/h3,5-7,9,12-13H,2,4,8,10-11,14H2,1H3,(H,21,23)(H,24,25). The van der Waals surface area contributed by atoms with Crippen LogP contribution in [0.2, 0.25) is 0 Å². The lowest BCUT2D eigenvalue weighted by molar-refractivity contribution is -0.137. The number of thiophene rings is 1. The number of amides is 2. The predicted octanol–water partition coefficient (Wildman–Crippen LogP) is 3.65. The van der Waals surface area contributed by atoms with Gasteiger partial charge in [-0.3, -0.25) is 14.4 Å². The summed E-state index contributed by atoms with van der Waals surface area (Å²) in [6.45, 7) is 1.91. The summed E-state index contributed by atoms with van der Waals surface area (Å²) in [6, 6.07) is 10.7. The summed E-state index contributed by atoms with van der Waals surface area (Å²) in [4.78, 5) is 38.2. The van der Waals surface area contributed by atoms with E-state index < -0.39 is 5.97 Å². The number of aliphatic carboxylic acids is 1. The Morgan fingerprint density at radius 3 is 2.67 bits per heavy atom. The van der Waals surface area contributed by atoms with E-state index in [0.29, 0.717) is 30.6 Å². The van der Waals surface area contributed by atoms with Crippen LogP contribution in [0.3, 0.4) is 0 Å². The lowest BCUT2D eigenvalue weighted by Gasteiger charge is -2.20. The third kappa shape index (κ3) is 6.86. The van der Waals surface area contributed by atoms with E-state index >= 15 is 0 Å². The smallest absolute Gasteiger partial charge is 0.323 e. The summed E-state index contributed by atoms with van der Waals surface area (Å²) in [5.74, 6) is -1.51. The maximum absolute atomic E-state index is 12.6. The number of benzene rings is 1. The molecule has 0 radical (unpaired) electrons. The second-order valence-electron chi connectivity index (χ2n) is 6.18. The van der Waals surface area contributed by atoms with Crippen LogP contribution in [0.5, 0.6) is 0 Å². The van der Waals surface area contributed by atoms with E-state index in [1.54, 1.807) is 35.6 Å². The molecular formula is C20H24N2O4S. The molecule has 1 aromatic carbocycles. The minimum absolute atomic E-state index is 0.105. The second-order valence-corrected chi connectivity index (χ2v) is 7.21. The maximum Gasteiger partial charge on any atom is 0.323 e.